The number of nitrogens with one attached hydrogen (secondary N) is 1. The first-order valence-electron chi connectivity index (χ1n) is 8.67. The molecule has 1 fully saturated rings. The Hall–Kier alpha value is -2.38. The summed E-state index contributed by atoms with van der Waals surface area (Å²) in [4.78, 5) is 15.5. The number of benzene rings is 1. The van der Waals surface area contributed by atoms with Crippen LogP contribution in [0, 0.1) is 0 Å². The third kappa shape index (κ3) is 4.31. The Morgan fingerprint density at radius 2 is 2.15 bits per heavy atom. The average molecular weight is 400 g/mol. The monoisotopic (exact) mass is 399 g/mol. The molecule has 1 aliphatic rings. The molecule has 4 rings (SSSR count). The zero-order valence-electron chi connectivity index (χ0n) is 14.7. The molecular weight excluding hydrogens is 382 g/mol. The van der Waals surface area contributed by atoms with Crippen molar-refractivity contribution in [2.75, 3.05) is 5.32 Å². The highest BCUT2D eigenvalue weighted by Gasteiger charge is 2.31. The second-order valence-electron chi connectivity index (χ2n) is 6.46. The second kappa shape index (κ2) is 7.70. The Labute approximate surface area is 166 Å². The van der Waals surface area contributed by atoms with Crippen LogP contribution in [0.25, 0.3) is 5.69 Å². The lowest BCUT2D eigenvalue weighted by molar-refractivity contribution is -0.114. The number of hydrogen-bond acceptors (Lipinski definition) is 5. The summed E-state index contributed by atoms with van der Waals surface area (Å²) < 4.78 is 2.09. The smallest absolute Gasteiger partial charge is 0.221 e. The SMILES string of the molecule is CC(=O)Nc1cccc(-n2c(SCc3ccc(Cl)nc3)nnc2C2CC2)c1. The number of carbonyl (C=O) groups is 1. The highest BCUT2D eigenvalue weighted by molar-refractivity contribution is 7.98. The molecule has 0 spiro atoms. The lowest BCUT2D eigenvalue weighted by Gasteiger charge is -2.11. The summed E-state index contributed by atoms with van der Waals surface area (Å²) in [6.45, 7) is 1.50. The molecule has 1 amide bonds. The summed E-state index contributed by atoms with van der Waals surface area (Å²) in [5.41, 5.74) is 2.78. The first-order valence-corrected chi connectivity index (χ1v) is 10.0. The minimum absolute atomic E-state index is 0.0943. The van der Waals surface area contributed by atoms with E-state index in [1.54, 1.807) is 24.0 Å². The third-order valence-corrected chi connectivity index (χ3v) is 5.41. The molecule has 8 heteroatoms. The van der Waals surface area contributed by atoms with Crippen molar-refractivity contribution in [3.8, 4) is 5.69 Å². The maximum Gasteiger partial charge on any atom is 0.221 e. The minimum Gasteiger partial charge on any atom is -0.326 e. The van der Waals surface area contributed by atoms with E-state index in [9.17, 15) is 4.79 Å². The van der Waals surface area contributed by atoms with Gasteiger partial charge in [-0.2, -0.15) is 0 Å². The van der Waals surface area contributed by atoms with Crippen LogP contribution in [-0.4, -0.2) is 25.7 Å². The molecule has 0 radical (unpaired) electrons. The molecular formula is C19H18ClN5OS. The van der Waals surface area contributed by atoms with Crippen LogP contribution in [0.1, 0.15) is 37.1 Å². The molecule has 6 nitrogen and oxygen atoms in total. The van der Waals surface area contributed by atoms with Crippen LogP contribution in [0.2, 0.25) is 5.15 Å². The first-order chi connectivity index (χ1) is 13.1. The Morgan fingerprint density at radius 3 is 2.85 bits per heavy atom. The predicted octanol–water partition coefficient (Wildman–Crippen LogP) is 4.44. The van der Waals surface area contributed by atoms with Crippen molar-refractivity contribution in [2.24, 2.45) is 0 Å². The van der Waals surface area contributed by atoms with Gasteiger partial charge in [0, 0.05) is 30.5 Å². The Morgan fingerprint density at radius 1 is 1.30 bits per heavy atom. The van der Waals surface area contributed by atoms with E-state index in [2.05, 4.69) is 25.1 Å². The molecule has 27 heavy (non-hydrogen) atoms. The molecule has 0 unspecified atom stereocenters. The molecule has 3 aromatic rings. The number of halogens is 1. The topological polar surface area (TPSA) is 72.7 Å². The van der Waals surface area contributed by atoms with Gasteiger partial charge in [0.05, 0.1) is 5.69 Å². The molecule has 138 valence electrons. The van der Waals surface area contributed by atoms with E-state index < -0.39 is 0 Å². The number of amides is 1. The summed E-state index contributed by atoms with van der Waals surface area (Å²) in [7, 11) is 0. The van der Waals surface area contributed by atoms with Gasteiger partial charge in [-0.1, -0.05) is 35.5 Å². The fourth-order valence-electron chi connectivity index (χ4n) is 2.79. The molecule has 1 aromatic carbocycles. The number of pyridine rings is 1. The maximum absolute atomic E-state index is 11.4. The Bertz CT molecular complexity index is 968. The number of hydrogen-bond donors (Lipinski definition) is 1. The van der Waals surface area contributed by atoms with Crippen molar-refractivity contribution < 1.29 is 4.79 Å². The summed E-state index contributed by atoms with van der Waals surface area (Å²) in [5, 5.41) is 13.0. The van der Waals surface area contributed by atoms with Crippen LogP contribution >= 0.6 is 23.4 Å². The Kier molecular flexibility index (Phi) is 5.13. The molecule has 2 aromatic heterocycles. The fraction of sp³-hybridized carbons (Fsp3) is 0.263. The number of rotatable bonds is 6. The van der Waals surface area contributed by atoms with Crippen molar-refractivity contribution >= 4 is 35.0 Å². The molecule has 1 N–H and O–H groups in total. The summed E-state index contributed by atoms with van der Waals surface area (Å²) in [5.74, 6) is 2.06. The van der Waals surface area contributed by atoms with Crippen LogP contribution in [0.15, 0.2) is 47.8 Å². The normalized spacial score (nSPS) is 13.6. The summed E-state index contributed by atoms with van der Waals surface area (Å²) >= 11 is 7.46. The van der Waals surface area contributed by atoms with Crippen molar-refractivity contribution in [2.45, 2.75) is 36.6 Å². The highest BCUT2D eigenvalue weighted by Crippen LogP contribution is 2.41. The van der Waals surface area contributed by atoms with Gasteiger partial charge in [-0.05, 0) is 42.7 Å². The van der Waals surface area contributed by atoms with Crippen molar-refractivity contribution in [3.05, 3.63) is 59.1 Å². The van der Waals surface area contributed by atoms with Gasteiger partial charge in [0.1, 0.15) is 11.0 Å². The van der Waals surface area contributed by atoms with E-state index in [-0.39, 0.29) is 5.91 Å². The zero-order chi connectivity index (χ0) is 18.8. The standard InChI is InChI=1S/C19H18ClN5OS/c1-12(26)22-15-3-2-4-16(9-15)25-18(14-6-7-14)23-24-19(25)27-11-13-5-8-17(20)21-10-13/h2-5,8-10,14H,6-7,11H2,1H3,(H,22,26). The van der Waals surface area contributed by atoms with Crippen LogP contribution in [0.4, 0.5) is 5.69 Å². The number of thioether (sulfide) groups is 1. The number of nitrogens with zero attached hydrogens (tertiary/aromatic N) is 4. The van der Waals surface area contributed by atoms with Gasteiger partial charge in [0.15, 0.2) is 5.16 Å². The number of aromatic nitrogens is 4. The summed E-state index contributed by atoms with van der Waals surface area (Å²) in [6, 6.07) is 11.5. The highest BCUT2D eigenvalue weighted by atomic mass is 35.5. The predicted molar refractivity (Wildman–Crippen MR) is 106 cm³/mol. The maximum atomic E-state index is 11.4. The van der Waals surface area contributed by atoms with E-state index in [0.29, 0.717) is 11.1 Å². The van der Waals surface area contributed by atoms with E-state index in [4.69, 9.17) is 11.6 Å². The van der Waals surface area contributed by atoms with Crippen LogP contribution < -0.4 is 5.32 Å². The largest absolute Gasteiger partial charge is 0.326 e. The van der Waals surface area contributed by atoms with Gasteiger partial charge in [-0.3, -0.25) is 9.36 Å². The van der Waals surface area contributed by atoms with E-state index in [0.717, 1.165) is 46.5 Å². The molecule has 0 bridgehead atoms. The zero-order valence-corrected chi connectivity index (χ0v) is 16.3. The van der Waals surface area contributed by atoms with Gasteiger partial charge < -0.3 is 5.32 Å². The van der Waals surface area contributed by atoms with Gasteiger partial charge in [0.25, 0.3) is 0 Å². The molecule has 1 saturated carbocycles. The van der Waals surface area contributed by atoms with Gasteiger partial charge >= 0.3 is 0 Å². The van der Waals surface area contributed by atoms with Crippen molar-refractivity contribution in [1.29, 1.82) is 0 Å². The molecule has 1 aliphatic carbocycles. The van der Waals surface area contributed by atoms with Crippen molar-refractivity contribution in [1.82, 2.24) is 19.7 Å². The molecule has 2 heterocycles. The molecule has 0 aliphatic heterocycles. The summed E-state index contributed by atoms with van der Waals surface area (Å²) in [6.07, 6.45) is 4.04. The van der Waals surface area contributed by atoms with Crippen LogP contribution in [0.5, 0.6) is 0 Å². The van der Waals surface area contributed by atoms with Crippen LogP contribution in [0.3, 0.4) is 0 Å². The van der Waals surface area contributed by atoms with E-state index >= 15 is 0 Å². The van der Waals surface area contributed by atoms with E-state index in [1.807, 2.05) is 30.3 Å². The Balaban J connectivity index is 1.63. The fourth-order valence-corrected chi connectivity index (χ4v) is 3.79. The average Bonchev–Trinajstić information content (AvgIpc) is 3.40. The van der Waals surface area contributed by atoms with Gasteiger partial charge in [0.2, 0.25) is 5.91 Å². The third-order valence-electron chi connectivity index (χ3n) is 4.18. The minimum atomic E-state index is -0.0943. The van der Waals surface area contributed by atoms with Crippen molar-refractivity contribution in [3.63, 3.8) is 0 Å². The molecule has 0 atom stereocenters. The van der Waals surface area contributed by atoms with Gasteiger partial charge in [-0.15, -0.1) is 10.2 Å². The first kappa shape index (κ1) is 18.0. The van der Waals surface area contributed by atoms with Crippen LogP contribution in [-0.2, 0) is 10.5 Å². The number of carbonyl (C=O) groups excluding carboxylic acids is 1. The lowest BCUT2D eigenvalue weighted by Crippen LogP contribution is -2.07. The molecule has 0 saturated heterocycles. The van der Waals surface area contributed by atoms with Gasteiger partial charge in [-0.25, -0.2) is 4.98 Å². The lowest BCUT2D eigenvalue weighted by atomic mass is 10.2. The van der Waals surface area contributed by atoms with E-state index in [1.165, 1.54) is 6.92 Å². The quantitative estimate of drug-likeness (QED) is 0.490. The number of anilines is 1. The second-order valence-corrected chi connectivity index (χ2v) is 7.79.